The summed E-state index contributed by atoms with van der Waals surface area (Å²) in [5, 5.41) is 3.36. The highest BCUT2D eigenvalue weighted by atomic mass is 16.2. The van der Waals surface area contributed by atoms with Crippen molar-refractivity contribution in [2.45, 2.75) is 31.7 Å². The summed E-state index contributed by atoms with van der Waals surface area (Å²) in [6, 6.07) is 0.420. The van der Waals surface area contributed by atoms with Gasteiger partial charge in [0.05, 0.1) is 0 Å². The zero-order valence-corrected chi connectivity index (χ0v) is 10.8. The first kappa shape index (κ1) is 13.5. The van der Waals surface area contributed by atoms with Gasteiger partial charge in [-0.25, -0.2) is 0 Å². The van der Waals surface area contributed by atoms with E-state index in [4.69, 9.17) is 0 Å². The van der Waals surface area contributed by atoms with E-state index in [1.165, 1.54) is 6.42 Å². The Hall–Kier alpha value is -0.610. The lowest BCUT2D eigenvalue weighted by molar-refractivity contribution is -0.130. The average Bonchev–Trinajstić information content (AvgIpc) is 2.69. The zero-order chi connectivity index (χ0) is 12.0. The smallest absolute Gasteiger partial charge is 0.223 e. The van der Waals surface area contributed by atoms with Gasteiger partial charge in [0.2, 0.25) is 5.91 Å². The van der Waals surface area contributed by atoms with Crippen LogP contribution < -0.4 is 5.32 Å². The van der Waals surface area contributed by atoms with Crippen molar-refractivity contribution >= 4 is 5.91 Å². The maximum absolute atomic E-state index is 11.8. The molecule has 16 heavy (non-hydrogen) atoms. The molecule has 0 aromatic carbocycles. The molecule has 4 heteroatoms. The monoisotopic (exact) mass is 227 g/mol. The summed E-state index contributed by atoms with van der Waals surface area (Å²) < 4.78 is 0. The van der Waals surface area contributed by atoms with Gasteiger partial charge < -0.3 is 15.1 Å². The van der Waals surface area contributed by atoms with Gasteiger partial charge >= 0.3 is 0 Å². The fourth-order valence-corrected chi connectivity index (χ4v) is 2.05. The lowest BCUT2D eigenvalue weighted by Crippen LogP contribution is -2.34. The first-order valence-corrected chi connectivity index (χ1v) is 6.21. The van der Waals surface area contributed by atoms with Crippen LogP contribution in [0, 0.1) is 0 Å². The SMILES string of the molecule is CN(C)CCCN(C)C(=O)CC1CCCN1. The second kappa shape index (κ2) is 6.86. The summed E-state index contributed by atoms with van der Waals surface area (Å²) in [5.74, 6) is 0.276. The van der Waals surface area contributed by atoms with E-state index >= 15 is 0 Å². The van der Waals surface area contributed by atoms with E-state index in [-0.39, 0.29) is 5.91 Å². The Labute approximate surface area is 99.0 Å². The van der Waals surface area contributed by atoms with E-state index in [9.17, 15) is 4.79 Å². The lowest BCUT2D eigenvalue weighted by atomic mass is 10.1. The molecule has 0 radical (unpaired) electrons. The molecule has 1 N–H and O–H groups in total. The van der Waals surface area contributed by atoms with Crippen LogP contribution in [-0.4, -0.2) is 62.5 Å². The quantitative estimate of drug-likeness (QED) is 0.719. The summed E-state index contributed by atoms with van der Waals surface area (Å²) in [6.45, 7) is 2.98. The van der Waals surface area contributed by atoms with Gasteiger partial charge in [0.25, 0.3) is 0 Å². The number of amides is 1. The van der Waals surface area contributed by atoms with Crippen molar-refractivity contribution in [3.05, 3.63) is 0 Å². The molecule has 1 atom stereocenters. The minimum absolute atomic E-state index is 0.276. The third kappa shape index (κ3) is 4.94. The Kier molecular flexibility index (Phi) is 5.77. The first-order chi connectivity index (χ1) is 7.59. The van der Waals surface area contributed by atoms with Crippen molar-refractivity contribution in [2.75, 3.05) is 40.8 Å². The van der Waals surface area contributed by atoms with Gasteiger partial charge in [0.1, 0.15) is 0 Å². The van der Waals surface area contributed by atoms with E-state index in [1.807, 2.05) is 11.9 Å². The van der Waals surface area contributed by atoms with E-state index in [0.29, 0.717) is 12.5 Å². The van der Waals surface area contributed by atoms with E-state index in [1.54, 1.807) is 0 Å². The van der Waals surface area contributed by atoms with Gasteiger partial charge in [-0.2, -0.15) is 0 Å². The molecule has 0 bridgehead atoms. The van der Waals surface area contributed by atoms with Crippen LogP contribution in [0.25, 0.3) is 0 Å². The Morgan fingerprint density at radius 2 is 2.06 bits per heavy atom. The molecule has 4 nitrogen and oxygen atoms in total. The molecule has 1 aliphatic rings. The zero-order valence-electron chi connectivity index (χ0n) is 10.8. The standard InChI is InChI=1S/C12H25N3O/c1-14(2)8-5-9-15(3)12(16)10-11-6-4-7-13-11/h11,13H,4-10H2,1-3H3. The van der Waals surface area contributed by atoms with Gasteiger partial charge in [0.15, 0.2) is 0 Å². The third-order valence-corrected chi connectivity index (χ3v) is 3.11. The molecule has 1 unspecified atom stereocenters. The van der Waals surface area contributed by atoms with E-state index in [2.05, 4.69) is 24.3 Å². The third-order valence-electron chi connectivity index (χ3n) is 3.11. The van der Waals surface area contributed by atoms with E-state index in [0.717, 1.165) is 32.5 Å². The predicted octanol–water partition coefficient (Wildman–Crippen LogP) is 0.539. The summed E-state index contributed by atoms with van der Waals surface area (Å²) in [4.78, 5) is 15.9. The van der Waals surface area contributed by atoms with Crippen LogP contribution in [-0.2, 0) is 4.79 Å². The maximum Gasteiger partial charge on any atom is 0.223 e. The molecule has 1 amide bonds. The molecule has 1 heterocycles. The molecule has 0 aliphatic carbocycles. The Morgan fingerprint density at radius 3 is 2.62 bits per heavy atom. The molecular formula is C12H25N3O. The van der Waals surface area contributed by atoms with Gasteiger partial charge in [-0.15, -0.1) is 0 Å². The summed E-state index contributed by atoms with van der Waals surface area (Å²) in [6.07, 6.45) is 4.07. The Balaban J connectivity index is 2.14. The number of carbonyl (C=O) groups is 1. The van der Waals surface area contributed by atoms with E-state index < -0.39 is 0 Å². The second-order valence-corrected chi connectivity index (χ2v) is 4.97. The van der Waals surface area contributed by atoms with Crippen LogP contribution in [0.15, 0.2) is 0 Å². The molecule has 0 aromatic rings. The van der Waals surface area contributed by atoms with Crippen LogP contribution in [0.3, 0.4) is 0 Å². The first-order valence-electron chi connectivity index (χ1n) is 6.21. The number of hydrogen-bond acceptors (Lipinski definition) is 3. The van der Waals surface area contributed by atoms with Crippen molar-refractivity contribution in [1.82, 2.24) is 15.1 Å². The summed E-state index contributed by atoms with van der Waals surface area (Å²) in [7, 11) is 6.03. The van der Waals surface area contributed by atoms with Crippen molar-refractivity contribution < 1.29 is 4.79 Å². The fraction of sp³-hybridized carbons (Fsp3) is 0.917. The minimum Gasteiger partial charge on any atom is -0.346 e. The number of carbonyl (C=O) groups excluding carboxylic acids is 1. The van der Waals surface area contributed by atoms with Crippen LogP contribution in [0.4, 0.5) is 0 Å². The maximum atomic E-state index is 11.8. The van der Waals surface area contributed by atoms with Crippen LogP contribution in [0.5, 0.6) is 0 Å². The lowest BCUT2D eigenvalue weighted by Gasteiger charge is -2.20. The molecule has 0 aromatic heterocycles. The van der Waals surface area contributed by atoms with Crippen molar-refractivity contribution in [3.8, 4) is 0 Å². The van der Waals surface area contributed by atoms with Crippen LogP contribution in [0.1, 0.15) is 25.7 Å². The molecule has 1 rings (SSSR count). The van der Waals surface area contributed by atoms with Crippen LogP contribution >= 0.6 is 0 Å². The van der Waals surface area contributed by atoms with Crippen LogP contribution in [0.2, 0.25) is 0 Å². The number of rotatable bonds is 6. The van der Waals surface area contributed by atoms with Gasteiger partial charge in [0, 0.05) is 26.1 Å². The topological polar surface area (TPSA) is 35.6 Å². The second-order valence-electron chi connectivity index (χ2n) is 4.97. The summed E-state index contributed by atoms with van der Waals surface area (Å²) in [5.41, 5.74) is 0. The molecule has 0 spiro atoms. The largest absolute Gasteiger partial charge is 0.346 e. The highest BCUT2D eigenvalue weighted by Crippen LogP contribution is 2.10. The fourth-order valence-electron chi connectivity index (χ4n) is 2.05. The Bertz CT molecular complexity index is 212. The number of hydrogen-bond donors (Lipinski definition) is 1. The highest BCUT2D eigenvalue weighted by molar-refractivity contribution is 5.76. The van der Waals surface area contributed by atoms with Gasteiger partial charge in [-0.3, -0.25) is 4.79 Å². The molecule has 1 aliphatic heterocycles. The van der Waals surface area contributed by atoms with Gasteiger partial charge in [-0.05, 0) is 46.4 Å². The normalized spacial score (nSPS) is 20.4. The molecule has 0 saturated carbocycles. The van der Waals surface area contributed by atoms with Crippen molar-refractivity contribution in [3.63, 3.8) is 0 Å². The number of nitrogens with one attached hydrogen (secondary N) is 1. The van der Waals surface area contributed by atoms with Crippen molar-refractivity contribution in [2.24, 2.45) is 0 Å². The number of nitrogens with zero attached hydrogens (tertiary/aromatic N) is 2. The summed E-state index contributed by atoms with van der Waals surface area (Å²) >= 11 is 0. The molecule has 1 saturated heterocycles. The molecular weight excluding hydrogens is 202 g/mol. The van der Waals surface area contributed by atoms with Crippen molar-refractivity contribution in [1.29, 1.82) is 0 Å². The minimum atomic E-state index is 0.276. The molecule has 94 valence electrons. The molecule has 1 fully saturated rings. The predicted molar refractivity (Wildman–Crippen MR) is 66.4 cm³/mol. The Morgan fingerprint density at radius 1 is 1.31 bits per heavy atom. The highest BCUT2D eigenvalue weighted by Gasteiger charge is 2.19. The van der Waals surface area contributed by atoms with Gasteiger partial charge in [-0.1, -0.05) is 0 Å². The average molecular weight is 227 g/mol.